The molecule has 3 aromatic rings. The summed E-state index contributed by atoms with van der Waals surface area (Å²) in [4.78, 5) is 12.9. The average Bonchev–Trinajstić information content (AvgIpc) is 3.60. The number of sulfone groups is 1. The molecule has 0 radical (unpaired) electrons. The molecule has 1 saturated carbocycles. The lowest BCUT2D eigenvalue weighted by molar-refractivity contribution is -0.142. The second-order valence-electron chi connectivity index (χ2n) is 8.28. The molecule has 0 bridgehead atoms. The van der Waals surface area contributed by atoms with Crippen molar-refractivity contribution in [3.63, 3.8) is 0 Å². The van der Waals surface area contributed by atoms with Crippen molar-refractivity contribution in [1.29, 1.82) is 5.26 Å². The number of hydrogen-bond acceptors (Lipinski definition) is 9. The number of nitrogens with one attached hydrogen (secondary N) is 1. The van der Waals surface area contributed by atoms with Crippen LogP contribution >= 0.6 is 0 Å². The van der Waals surface area contributed by atoms with E-state index in [9.17, 15) is 36.0 Å². The minimum atomic E-state index is -4.98. The normalized spacial score (nSPS) is 14.5. The highest BCUT2D eigenvalue weighted by Crippen LogP contribution is 2.47. The van der Waals surface area contributed by atoms with Crippen LogP contribution in [0.4, 0.5) is 23.2 Å². The molecule has 0 atom stereocenters. The Morgan fingerprint density at radius 3 is 2.38 bits per heavy atom. The second kappa shape index (κ2) is 9.04. The summed E-state index contributed by atoms with van der Waals surface area (Å²) >= 11 is 0. The zero-order valence-corrected chi connectivity index (χ0v) is 19.9. The van der Waals surface area contributed by atoms with Gasteiger partial charge in [0.05, 0.1) is 16.7 Å². The van der Waals surface area contributed by atoms with Crippen LogP contribution in [0, 0.1) is 24.1 Å². The number of amides is 1. The first-order valence-corrected chi connectivity index (χ1v) is 12.3. The van der Waals surface area contributed by atoms with Gasteiger partial charge in [0.2, 0.25) is 0 Å². The summed E-state index contributed by atoms with van der Waals surface area (Å²) in [5.41, 5.74) is -3.85. The van der Waals surface area contributed by atoms with Gasteiger partial charge in [-0.15, -0.1) is 20.4 Å². The van der Waals surface area contributed by atoms with Gasteiger partial charge in [-0.25, -0.2) is 12.8 Å². The third-order valence-corrected chi connectivity index (χ3v) is 6.67. The molecular formula is C22H16F4N6O4S. The lowest BCUT2D eigenvalue weighted by Gasteiger charge is -2.16. The van der Waals surface area contributed by atoms with Crippen molar-refractivity contribution in [3.8, 4) is 17.8 Å². The second-order valence-corrected chi connectivity index (χ2v) is 10.3. The predicted molar refractivity (Wildman–Crippen MR) is 118 cm³/mol. The Kier molecular flexibility index (Phi) is 6.32. The highest BCUT2D eigenvalue weighted by Gasteiger charge is 2.47. The number of anilines is 1. The first-order chi connectivity index (χ1) is 17.2. The molecule has 10 nitrogen and oxygen atoms in total. The van der Waals surface area contributed by atoms with Crippen LogP contribution in [0.15, 0.2) is 35.2 Å². The molecule has 0 spiro atoms. The smallest absolute Gasteiger partial charge is 0.414 e. The van der Waals surface area contributed by atoms with E-state index >= 15 is 0 Å². The van der Waals surface area contributed by atoms with Crippen LogP contribution in [-0.4, -0.2) is 41.0 Å². The number of aromatic nitrogens is 4. The van der Waals surface area contributed by atoms with Crippen LogP contribution in [-0.2, 0) is 21.4 Å². The number of carbonyl (C=O) groups is 1. The molecule has 1 aromatic carbocycles. The van der Waals surface area contributed by atoms with Gasteiger partial charge in [0, 0.05) is 18.0 Å². The number of halogens is 4. The van der Waals surface area contributed by atoms with Gasteiger partial charge in [0.25, 0.3) is 17.7 Å². The molecule has 1 amide bonds. The zero-order chi connectivity index (χ0) is 27.2. The van der Waals surface area contributed by atoms with E-state index in [4.69, 9.17) is 4.74 Å². The van der Waals surface area contributed by atoms with E-state index in [0.29, 0.717) is 12.8 Å². The summed E-state index contributed by atoms with van der Waals surface area (Å²) in [6.07, 6.45) is -3.11. The number of alkyl halides is 3. The monoisotopic (exact) mass is 536 g/mol. The van der Waals surface area contributed by atoms with Gasteiger partial charge in [-0.2, -0.15) is 18.4 Å². The van der Waals surface area contributed by atoms with E-state index in [1.165, 1.54) is 18.2 Å². The fraction of sp³-hybridized carbons (Fsp3) is 0.273. The maximum atomic E-state index is 14.7. The van der Waals surface area contributed by atoms with Gasteiger partial charge in [-0.1, -0.05) is 6.07 Å². The first kappa shape index (κ1) is 25.9. The SMILES string of the molecule is Cc1c(C(F)(F)F)nnc(Oc2nnc(C3(C#N)CC3)cc2F)c1C(=O)Nc1cccc(S(C)(=O)=O)c1. The lowest BCUT2D eigenvalue weighted by Crippen LogP contribution is -2.21. The summed E-state index contributed by atoms with van der Waals surface area (Å²) in [6, 6.07) is 7.95. The Morgan fingerprint density at radius 2 is 1.81 bits per heavy atom. The Hall–Kier alpha value is -4.19. The topological polar surface area (TPSA) is 148 Å². The van der Waals surface area contributed by atoms with E-state index in [1.54, 1.807) is 0 Å². The largest absolute Gasteiger partial charge is 0.435 e. The Balaban J connectivity index is 1.74. The molecular weight excluding hydrogens is 520 g/mol. The molecule has 37 heavy (non-hydrogen) atoms. The van der Waals surface area contributed by atoms with Gasteiger partial charge in [-0.3, -0.25) is 4.79 Å². The maximum absolute atomic E-state index is 14.7. The fourth-order valence-corrected chi connectivity index (χ4v) is 4.07. The van der Waals surface area contributed by atoms with Crippen molar-refractivity contribution in [1.82, 2.24) is 20.4 Å². The molecule has 1 N–H and O–H groups in total. The van der Waals surface area contributed by atoms with Crippen LogP contribution in [0.2, 0.25) is 0 Å². The highest BCUT2D eigenvalue weighted by molar-refractivity contribution is 7.90. The van der Waals surface area contributed by atoms with Crippen LogP contribution in [0.5, 0.6) is 11.8 Å². The fourth-order valence-electron chi connectivity index (χ4n) is 3.41. The summed E-state index contributed by atoms with van der Waals surface area (Å²) in [5, 5.41) is 25.3. The zero-order valence-electron chi connectivity index (χ0n) is 19.1. The van der Waals surface area contributed by atoms with Crippen LogP contribution in [0.3, 0.4) is 0 Å². The van der Waals surface area contributed by atoms with Gasteiger partial charge in [0.1, 0.15) is 11.0 Å². The summed E-state index contributed by atoms with van der Waals surface area (Å²) in [6.45, 7) is 0.946. The molecule has 1 aliphatic rings. The van der Waals surface area contributed by atoms with Gasteiger partial charge >= 0.3 is 6.18 Å². The molecule has 2 heterocycles. The van der Waals surface area contributed by atoms with Crippen molar-refractivity contribution >= 4 is 21.4 Å². The summed E-state index contributed by atoms with van der Waals surface area (Å²) in [7, 11) is -3.65. The number of hydrogen-bond donors (Lipinski definition) is 1. The minimum Gasteiger partial charge on any atom is -0.414 e. The molecule has 0 aliphatic heterocycles. The number of ether oxygens (including phenoxy) is 1. The van der Waals surface area contributed by atoms with Gasteiger partial charge in [0.15, 0.2) is 21.3 Å². The number of nitrogens with zero attached hydrogens (tertiary/aromatic N) is 5. The maximum Gasteiger partial charge on any atom is 0.435 e. The molecule has 2 aromatic heterocycles. The molecule has 4 rings (SSSR count). The van der Waals surface area contributed by atoms with E-state index in [-0.39, 0.29) is 16.3 Å². The molecule has 1 fully saturated rings. The van der Waals surface area contributed by atoms with Crippen molar-refractivity contribution in [3.05, 3.63) is 58.7 Å². The average molecular weight is 536 g/mol. The molecule has 1 aliphatic carbocycles. The minimum absolute atomic E-state index is 0.0507. The Morgan fingerprint density at radius 1 is 1.14 bits per heavy atom. The van der Waals surface area contributed by atoms with Crippen molar-refractivity contribution in [2.24, 2.45) is 0 Å². The molecule has 0 saturated heterocycles. The van der Waals surface area contributed by atoms with Crippen molar-refractivity contribution in [2.75, 3.05) is 11.6 Å². The predicted octanol–water partition coefficient (Wildman–Crippen LogP) is 3.74. The highest BCUT2D eigenvalue weighted by atomic mass is 32.2. The summed E-state index contributed by atoms with van der Waals surface area (Å²) < 4.78 is 84.0. The Labute approximate surface area is 207 Å². The number of rotatable bonds is 6. The molecule has 192 valence electrons. The lowest BCUT2D eigenvalue weighted by atomic mass is 10.1. The van der Waals surface area contributed by atoms with Crippen LogP contribution in [0.1, 0.15) is 40.2 Å². The van der Waals surface area contributed by atoms with Gasteiger partial charge < -0.3 is 10.1 Å². The van der Waals surface area contributed by atoms with Crippen LogP contribution in [0.25, 0.3) is 0 Å². The van der Waals surface area contributed by atoms with Crippen LogP contribution < -0.4 is 10.1 Å². The van der Waals surface area contributed by atoms with Crippen molar-refractivity contribution < 1.29 is 35.5 Å². The first-order valence-electron chi connectivity index (χ1n) is 10.4. The molecule has 15 heteroatoms. The number of nitriles is 1. The third-order valence-electron chi connectivity index (χ3n) is 5.56. The Bertz CT molecular complexity index is 1570. The van der Waals surface area contributed by atoms with E-state index in [1.807, 2.05) is 6.07 Å². The molecule has 0 unspecified atom stereocenters. The van der Waals surface area contributed by atoms with E-state index in [0.717, 1.165) is 25.3 Å². The van der Waals surface area contributed by atoms with E-state index in [2.05, 4.69) is 25.7 Å². The quantitative estimate of drug-likeness (QED) is 0.465. The van der Waals surface area contributed by atoms with Gasteiger partial charge in [-0.05, 0) is 43.5 Å². The van der Waals surface area contributed by atoms with E-state index < -0.39 is 61.7 Å². The number of benzene rings is 1. The third kappa shape index (κ3) is 5.19. The summed E-state index contributed by atoms with van der Waals surface area (Å²) in [5.74, 6) is -3.85. The van der Waals surface area contributed by atoms with Crippen molar-refractivity contribution in [2.45, 2.75) is 36.3 Å². The standard InChI is InChI=1S/C22H16F4N6O4S/c1-11-16(18(33)28-12-4-3-5-13(8-12)37(2,34)35)20(32-30-17(11)22(24,25)26)36-19-14(23)9-15(29-31-19)21(10-27)6-7-21/h3-5,8-9H,6-7H2,1-2H3,(H,28,33). The number of carbonyl (C=O) groups excluding carboxylic acids is 1.